The maximum absolute atomic E-state index is 12.9. The molecule has 7 heteroatoms. The molecule has 2 heterocycles. The highest BCUT2D eigenvalue weighted by molar-refractivity contribution is 5.85. The molecule has 5 rings (SSSR count). The molecule has 0 spiro atoms. The molecule has 188 valence electrons. The normalized spacial score (nSPS) is 26.5. The Balaban J connectivity index is 1.59. The van der Waals surface area contributed by atoms with E-state index in [1.807, 2.05) is 42.5 Å². The standard InChI is InChI=1S/C29H33N3O4/c1-35-29(34)27-23-15-26(36-17-19-7-3-2-4-8-19)28-22(21-9-5-6-10-24(21)31-28)13-14-32(18-30)16-20(23)11-12-25(27)33/h2-10,20,23,25-27,31,33H,11-17H2,1H3/t20-,23-,25-,26+,27+/m0/s1. The van der Waals surface area contributed by atoms with Crippen molar-refractivity contribution in [2.24, 2.45) is 17.8 Å². The van der Waals surface area contributed by atoms with Gasteiger partial charge in [0.05, 0.1) is 31.8 Å². The van der Waals surface area contributed by atoms with Crippen LogP contribution in [0.4, 0.5) is 0 Å². The first-order valence-electron chi connectivity index (χ1n) is 12.7. The predicted molar refractivity (Wildman–Crippen MR) is 136 cm³/mol. The molecule has 2 N–H and O–H groups in total. The second-order valence-electron chi connectivity index (χ2n) is 10.00. The smallest absolute Gasteiger partial charge is 0.311 e. The van der Waals surface area contributed by atoms with Crippen LogP contribution in [0.15, 0.2) is 54.6 Å². The van der Waals surface area contributed by atoms with Gasteiger partial charge in [0, 0.05) is 29.7 Å². The fourth-order valence-corrected chi connectivity index (χ4v) is 6.16. The zero-order chi connectivity index (χ0) is 25.1. The SMILES string of the molecule is COC(=O)[C@@H]1[C@H]2C[C@@H](OCc3ccccc3)c3[nH]c4ccccc4c3CCN(C#N)C[C@@H]2CC[C@@H]1O. The monoisotopic (exact) mass is 487 g/mol. The number of aromatic nitrogens is 1. The van der Waals surface area contributed by atoms with Crippen molar-refractivity contribution in [1.29, 1.82) is 5.26 Å². The third kappa shape index (κ3) is 4.84. The number of ether oxygens (including phenoxy) is 2. The molecule has 0 amide bonds. The van der Waals surface area contributed by atoms with E-state index in [0.29, 0.717) is 32.5 Å². The molecule has 2 aliphatic rings. The van der Waals surface area contributed by atoms with E-state index in [1.54, 1.807) is 4.90 Å². The number of fused-ring (bicyclic) bond motifs is 4. The molecule has 1 saturated carbocycles. The van der Waals surface area contributed by atoms with Gasteiger partial charge in [-0.05, 0) is 54.7 Å². The van der Waals surface area contributed by atoms with Crippen molar-refractivity contribution in [2.75, 3.05) is 20.2 Å². The lowest BCUT2D eigenvalue weighted by molar-refractivity contribution is -0.158. The van der Waals surface area contributed by atoms with E-state index in [2.05, 4.69) is 23.3 Å². The van der Waals surface area contributed by atoms with Crippen LogP contribution in [0.25, 0.3) is 10.9 Å². The number of carbonyl (C=O) groups is 1. The number of aliphatic hydroxyl groups excluding tert-OH is 1. The Hall–Kier alpha value is -3.34. The number of aromatic amines is 1. The van der Waals surface area contributed by atoms with Crippen LogP contribution >= 0.6 is 0 Å². The summed E-state index contributed by atoms with van der Waals surface area (Å²) in [5, 5.41) is 21.9. The van der Waals surface area contributed by atoms with Crippen molar-refractivity contribution in [2.45, 2.75) is 44.5 Å². The third-order valence-electron chi connectivity index (χ3n) is 7.96. The molecule has 1 aliphatic heterocycles. The molecule has 1 aromatic heterocycles. The van der Waals surface area contributed by atoms with E-state index in [-0.39, 0.29) is 17.9 Å². The Bertz CT molecular complexity index is 1230. The lowest BCUT2D eigenvalue weighted by Gasteiger charge is -2.42. The maximum atomic E-state index is 12.9. The van der Waals surface area contributed by atoms with E-state index in [0.717, 1.165) is 40.6 Å². The quantitative estimate of drug-likeness (QED) is 0.420. The Morgan fingerprint density at radius 3 is 2.72 bits per heavy atom. The van der Waals surface area contributed by atoms with Gasteiger partial charge in [-0.2, -0.15) is 5.26 Å². The van der Waals surface area contributed by atoms with Gasteiger partial charge in [0.2, 0.25) is 0 Å². The van der Waals surface area contributed by atoms with Crippen LogP contribution in [0.5, 0.6) is 0 Å². The van der Waals surface area contributed by atoms with E-state index >= 15 is 0 Å². The summed E-state index contributed by atoms with van der Waals surface area (Å²) >= 11 is 0. The van der Waals surface area contributed by atoms with Gasteiger partial charge in [-0.15, -0.1) is 0 Å². The van der Waals surface area contributed by atoms with Crippen LogP contribution in [0.2, 0.25) is 0 Å². The van der Waals surface area contributed by atoms with Gasteiger partial charge in [-0.25, -0.2) is 0 Å². The molecule has 0 unspecified atom stereocenters. The van der Waals surface area contributed by atoms with Crippen molar-refractivity contribution in [1.82, 2.24) is 9.88 Å². The minimum absolute atomic E-state index is 0.0749. The van der Waals surface area contributed by atoms with Gasteiger partial charge in [0.15, 0.2) is 6.19 Å². The number of nitrogens with one attached hydrogen (secondary N) is 1. The molecular weight excluding hydrogens is 454 g/mol. The topological polar surface area (TPSA) is 98.6 Å². The van der Waals surface area contributed by atoms with Gasteiger partial charge in [-0.3, -0.25) is 4.79 Å². The van der Waals surface area contributed by atoms with Gasteiger partial charge >= 0.3 is 5.97 Å². The molecule has 36 heavy (non-hydrogen) atoms. The average molecular weight is 488 g/mol. The maximum Gasteiger partial charge on any atom is 0.311 e. The fraction of sp³-hybridized carbons (Fsp3) is 0.448. The zero-order valence-electron chi connectivity index (χ0n) is 20.6. The van der Waals surface area contributed by atoms with E-state index < -0.39 is 18.0 Å². The number of methoxy groups -OCH3 is 1. The lowest BCUT2D eigenvalue weighted by Crippen LogP contribution is -2.47. The number of hydrogen-bond donors (Lipinski definition) is 2. The number of carbonyl (C=O) groups excluding carboxylic acids is 1. The molecule has 1 fully saturated rings. The molecule has 3 aromatic rings. The number of hydrogen-bond acceptors (Lipinski definition) is 6. The largest absolute Gasteiger partial charge is 0.469 e. The second-order valence-corrected chi connectivity index (χ2v) is 10.00. The third-order valence-corrected chi connectivity index (χ3v) is 7.96. The van der Waals surface area contributed by atoms with E-state index in [1.165, 1.54) is 7.11 Å². The summed E-state index contributed by atoms with van der Waals surface area (Å²) in [5.41, 5.74) is 4.25. The van der Waals surface area contributed by atoms with Crippen LogP contribution in [-0.2, 0) is 27.3 Å². The molecule has 0 saturated heterocycles. The summed E-state index contributed by atoms with van der Waals surface area (Å²) in [4.78, 5) is 18.3. The van der Waals surface area contributed by atoms with Gasteiger partial charge in [0.1, 0.15) is 0 Å². The molecule has 2 aromatic carbocycles. The highest BCUT2D eigenvalue weighted by Crippen LogP contribution is 2.44. The summed E-state index contributed by atoms with van der Waals surface area (Å²) in [7, 11) is 1.37. The Kier molecular flexibility index (Phi) is 7.26. The predicted octanol–water partition coefficient (Wildman–Crippen LogP) is 4.33. The summed E-state index contributed by atoms with van der Waals surface area (Å²) < 4.78 is 11.8. The van der Waals surface area contributed by atoms with Crippen molar-refractivity contribution >= 4 is 16.9 Å². The molecule has 0 bridgehead atoms. The van der Waals surface area contributed by atoms with Crippen LogP contribution in [0.1, 0.15) is 42.2 Å². The summed E-state index contributed by atoms with van der Waals surface area (Å²) in [6.45, 7) is 1.59. The van der Waals surface area contributed by atoms with Crippen molar-refractivity contribution in [3.05, 3.63) is 71.4 Å². The van der Waals surface area contributed by atoms with E-state index in [4.69, 9.17) is 9.47 Å². The van der Waals surface area contributed by atoms with Crippen molar-refractivity contribution in [3.8, 4) is 6.19 Å². The van der Waals surface area contributed by atoms with Crippen LogP contribution in [-0.4, -0.2) is 47.3 Å². The van der Waals surface area contributed by atoms with Gasteiger partial charge in [-0.1, -0.05) is 48.5 Å². The number of rotatable bonds is 4. The second kappa shape index (κ2) is 10.7. The highest BCUT2D eigenvalue weighted by atomic mass is 16.5. The minimum Gasteiger partial charge on any atom is -0.469 e. The molecular formula is C29H33N3O4. The molecule has 0 radical (unpaired) electrons. The zero-order valence-corrected chi connectivity index (χ0v) is 20.6. The first kappa shape index (κ1) is 24.4. The molecule has 5 atom stereocenters. The minimum atomic E-state index is -0.769. The number of para-hydroxylation sites is 1. The Morgan fingerprint density at radius 2 is 1.94 bits per heavy atom. The number of nitrogens with zero attached hydrogens (tertiary/aromatic N) is 2. The number of benzene rings is 2. The number of nitriles is 1. The first-order chi connectivity index (χ1) is 17.6. The highest BCUT2D eigenvalue weighted by Gasteiger charge is 2.45. The van der Waals surface area contributed by atoms with Gasteiger partial charge in [0.25, 0.3) is 0 Å². The number of aliphatic hydroxyl groups is 1. The lowest BCUT2D eigenvalue weighted by atomic mass is 9.67. The van der Waals surface area contributed by atoms with Crippen molar-refractivity contribution in [3.63, 3.8) is 0 Å². The average Bonchev–Trinajstić information content (AvgIpc) is 3.28. The fourth-order valence-electron chi connectivity index (χ4n) is 6.16. The van der Waals surface area contributed by atoms with Crippen LogP contribution in [0, 0.1) is 29.2 Å². The first-order valence-corrected chi connectivity index (χ1v) is 12.7. The summed E-state index contributed by atoms with van der Waals surface area (Å²) in [6.07, 6.45) is 3.84. The Labute approximate surface area is 211 Å². The van der Waals surface area contributed by atoms with Crippen LogP contribution in [0.3, 0.4) is 0 Å². The molecule has 7 nitrogen and oxygen atoms in total. The summed E-state index contributed by atoms with van der Waals surface area (Å²) in [5.74, 6) is -1.15. The van der Waals surface area contributed by atoms with Gasteiger partial charge < -0.3 is 24.5 Å². The Morgan fingerprint density at radius 1 is 1.17 bits per heavy atom. The van der Waals surface area contributed by atoms with E-state index in [9.17, 15) is 15.2 Å². The summed E-state index contributed by atoms with van der Waals surface area (Å²) in [6, 6.07) is 18.3. The molecule has 1 aliphatic carbocycles. The van der Waals surface area contributed by atoms with Crippen molar-refractivity contribution < 1.29 is 19.4 Å². The number of H-pyrrole nitrogens is 1. The number of esters is 1. The van der Waals surface area contributed by atoms with Crippen LogP contribution < -0.4 is 0 Å².